The summed E-state index contributed by atoms with van der Waals surface area (Å²) in [6.45, 7) is 4.05. The maximum atomic E-state index is 11.6. The van der Waals surface area contributed by atoms with Crippen LogP contribution in [0.2, 0.25) is 0 Å². The Labute approximate surface area is 95.6 Å². The van der Waals surface area contributed by atoms with Crippen molar-refractivity contribution in [3.05, 3.63) is 23.8 Å². The monoisotopic (exact) mass is 219 g/mol. The SMILES string of the molecule is Cc1cccc(N)c1N1CCN(C)C(=O)C1. The summed E-state index contributed by atoms with van der Waals surface area (Å²) in [6.07, 6.45) is 0. The fourth-order valence-corrected chi connectivity index (χ4v) is 2.06. The van der Waals surface area contributed by atoms with Crippen LogP contribution in [0.1, 0.15) is 5.56 Å². The van der Waals surface area contributed by atoms with Gasteiger partial charge in [-0.3, -0.25) is 4.79 Å². The summed E-state index contributed by atoms with van der Waals surface area (Å²) < 4.78 is 0. The highest BCUT2D eigenvalue weighted by Gasteiger charge is 2.23. The van der Waals surface area contributed by atoms with Gasteiger partial charge in [-0.05, 0) is 18.6 Å². The number of carbonyl (C=O) groups excluding carboxylic acids is 1. The number of likely N-dealkylation sites (N-methyl/N-ethyl adjacent to an activating group) is 1. The molecule has 0 radical (unpaired) electrons. The van der Waals surface area contributed by atoms with Crippen molar-refractivity contribution in [3.8, 4) is 0 Å². The molecule has 16 heavy (non-hydrogen) atoms. The lowest BCUT2D eigenvalue weighted by Crippen LogP contribution is -2.49. The van der Waals surface area contributed by atoms with E-state index in [0.29, 0.717) is 6.54 Å². The Morgan fingerprint density at radius 1 is 1.31 bits per heavy atom. The average Bonchev–Trinajstić information content (AvgIpc) is 2.23. The molecule has 86 valence electrons. The minimum absolute atomic E-state index is 0.147. The van der Waals surface area contributed by atoms with E-state index >= 15 is 0 Å². The zero-order valence-corrected chi connectivity index (χ0v) is 9.73. The molecule has 0 atom stereocenters. The Morgan fingerprint density at radius 3 is 2.69 bits per heavy atom. The highest BCUT2D eigenvalue weighted by atomic mass is 16.2. The lowest BCUT2D eigenvalue weighted by molar-refractivity contribution is -0.129. The minimum atomic E-state index is 0.147. The van der Waals surface area contributed by atoms with E-state index in [1.807, 2.05) is 32.2 Å². The summed E-state index contributed by atoms with van der Waals surface area (Å²) in [5.74, 6) is 0.147. The first-order valence-corrected chi connectivity index (χ1v) is 5.43. The molecule has 1 amide bonds. The Hall–Kier alpha value is -1.71. The van der Waals surface area contributed by atoms with Crippen LogP contribution < -0.4 is 10.6 Å². The number of piperazine rings is 1. The average molecular weight is 219 g/mol. The third kappa shape index (κ3) is 1.83. The number of nitrogen functional groups attached to an aromatic ring is 1. The molecule has 2 N–H and O–H groups in total. The van der Waals surface area contributed by atoms with Gasteiger partial charge in [-0.15, -0.1) is 0 Å². The van der Waals surface area contributed by atoms with Gasteiger partial charge in [0.25, 0.3) is 0 Å². The molecule has 1 aliphatic heterocycles. The molecule has 0 spiro atoms. The second-order valence-corrected chi connectivity index (χ2v) is 4.25. The number of hydrogen-bond acceptors (Lipinski definition) is 3. The van der Waals surface area contributed by atoms with E-state index < -0.39 is 0 Å². The molecular formula is C12H17N3O. The minimum Gasteiger partial charge on any atom is -0.397 e. The van der Waals surface area contributed by atoms with Crippen molar-refractivity contribution in [3.63, 3.8) is 0 Å². The first kappa shape index (κ1) is 10.8. The predicted octanol–water partition coefficient (Wildman–Crippen LogP) is 0.856. The molecule has 4 heteroatoms. The predicted molar refractivity (Wildman–Crippen MR) is 65.4 cm³/mol. The molecule has 0 aromatic heterocycles. The van der Waals surface area contributed by atoms with Crippen molar-refractivity contribution in [2.75, 3.05) is 37.3 Å². The maximum Gasteiger partial charge on any atom is 0.241 e. The van der Waals surface area contributed by atoms with Crippen LogP contribution in [0.15, 0.2) is 18.2 Å². The quantitative estimate of drug-likeness (QED) is 0.713. The van der Waals surface area contributed by atoms with Crippen molar-refractivity contribution >= 4 is 17.3 Å². The third-order valence-electron chi connectivity index (χ3n) is 3.04. The highest BCUT2D eigenvalue weighted by molar-refractivity contribution is 5.85. The molecule has 0 saturated carbocycles. The summed E-state index contributed by atoms with van der Waals surface area (Å²) in [4.78, 5) is 15.5. The molecule has 1 fully saturated rings. The fourth-order valence-electron chi connectivity index (χ4n) is 2.06. The summed E-state index contributed by atoms with van der Waals surface area (Å²) in [6, 6.07) is 5.84. The number of benzene rings is 1. The zero-order valence-electron chi connectivity index (χ0n) is 9.73. The van der Waals surface area contributed by atoms with Crippen LogP contribution in [0.25, 0.3) is 0 Å². The molecule has 1 aliphatic rings. The van der Waals surface area contributed by atoms with Crippen molar-refractivity contribution < 1.29 is 4.79 Å². The van der Waals surface area contributed by atoms with Crippen LogP contribution in [-0.4, -0.2) is 37.5 Å². The van der Waals surface area contributed by atoms with Crippen LogP contribution in [0.3, 0.4) is 0 Å². The molecule has 1 heterocycles. The normalized spacial score (nSPS) is 16.8. The molecule has 2 rings (SSSR count). The van der Waals surface area contributed by atoms with Gasteiger partial charge in [0.05, 0.1) is 17.9 Å². The van der Waals surface area contributed by atoms with E-state index in [0.717, 1.165) is 30.0 Å². The van der Waals surface area contributed by atoms with E-state index in [9.17, 15) is 4.79 Å². The van der Waals surface area contributed by atoms with E-state index in [-0.39, 0.29) is 5.91 Å². The summed E-state index contributed by atoms with van der Waals surface area (Å²) in [7, 11) is 1.83. The Balaban J connectivity index is 2.28. The number of nitrogens with two attached hydrogens (primary N) is 1. The Morgan fingerprint density at radius 2 is 2.06 bits per heavy atom. The molecule has 0 aliphatic carbocycles. The largest absolute Gasteiger partial charge is 0.397 e. The van der Waals surface area contributed by atoms with Crippen molar-refractivity contribution in [1.82, 2.24) is 4.90 Å². The van der Waals surface area contributed by atoms with Crippen molar-refractivity contribution in [1.29, 1.82) is 0 Å². The van der Waals surface area contributed by atoms with E-state index in [1.54, 1.807) is 4.90 Å². The summed E-state index contributed by atoms with van der Waals surface area (Å²) in [5.41, 5.74) is 8.84. The number of rotatable bonds is 1. The first-order valence-electron chi connectivity index (χ1n) is 5.43. The number of nitrogens with zero attached hydrogens (tertiary/aromatic N) is 2. The zero-order chi connectivity index (χ0) is 11.7. The second kappa shape index (κ2) is 4.04. The summed E-state index contributed by atoms with van der Waals surface area (Å²) >= 11 is 0. The van der Waals surface area contributed by atoms with Crippen LogP contribution >= 0.6 is 0 Å². The number of amides is 1. The molecule has 0 unspecified atom stereocenters. The molecule has 0 bridgehead atoms. The maximum absolute atomic E-state index is 11.6. The summed E-state index contributed by atoms with van der Waals surface area (Å²) in [5, 5.41) is 0. The van der Waals surface area contributed by atoms with Gasteiger partial charge in [0.15, 0.2) is 0 Å². The van der Waals surface area contributed by atoms with E-state index in [1.165, 1.54) is 0 Å². The molecule has 1 saturated heterocycles. The van der Waals surface area contributed by atoms with Gasteiger partial charge in [-0.1, -0.05) is 12.1 Å². The standard InChI is InChI=1S/C12H17N3O/c1-9-4-3-5-10(13)12(9)15-7-6-14(2)11(16)8-15/h3-5H,6-8,13H2,1-2H3. The van der Waals surface area contributed by atoms with Crippen LogP contribution in [0, 0.1) is 6.92 Å². The smallest absolute Gasteiger partial charge is 0.241 e. The number of para-hydroxylation sites is 1. The third-order valence-corrected chi connectivity index (χ3v) is 3.04. The number of aryl methyl sites for hydroxylation is 1. The molecule has 1 aromatic carbocycles. The topological polar surface area (TPSA) is 49.6 Å². The van der Waals surface area contributed by atoms with Gasteiger partial charge in [0, 0.05) is 20.1 Å². The first-order chi connectivity index (χ1) is 7.59. The number of carbonyl (C=O) groups is 1. The van der Waals surface area contributed by atoms with Crippen LogP contribution in [0.5, 0.6) is 0 Å². The van der Waals surface area contributed by atoms with E-state index in [2.05, 4.69) is 4.90 Å². The number of anilines is 2. The van der Waals surface area contributed by atoms with Gasteiger partial charge in [-0.25, -0.2) is 0 Å². The van der Waals surface area contributed by atoms with Gasteiger partial charge in [0.1, 0.15) is 0 Å². The fraction of sp³-hybridized carbons (Fsp3) is 0.417. The van der Waals surface area contributed by atoms with Gasteiger partial charge in [-0.2, -0.15) is 0 Å². The molecular weight excluding hydrogens is 202 g/mol. The van der Waals surface area contributed by atoms with Crippen LogP contribution in [0.4, 0.5) is 11.4 Å². The molecule has 1 aromatic rings. The Bertz CT molecular complexity index is 396. The van der Waals surface area contributed by atoms with E-state index in [4.69, 9.17) is 5.73 Å². The van der Waals surface area contributed by atoms with Crippen molar-refractivity contribution in [2.45, 2.75) is 6.92 Å². The van der Waals surface area contributed by atoms with Crippen LogP contribution in [-0.2, 0) is 4.79 Å². The second-order valence-electron chi connectivity index (χ2n) is 4.25. The van der Waals surface area contributed by atoms with Crippen molar-refractivity contribution in [2.24, 2.45) is 0 Å². The Kier molecular flexibility index (Phi) is 2.73. The van der Waals surface area contributed by atoms with Gasteiger partial charge in [0.2, 0.25) is 5.91 Å². The lowest BCUT2D eigenvalue weighted by atomic mass is 10.1. The molecule has 4 nitrogen and oxygen atoms in total. The van der Waals surface area contributed by atoms with Gasteiger partial charge >= 0.3 is 0 Å². The highest BCUT2D eigenvalue weighted by Crippen LogP contribution is 2.28. The lowest BCUT2D eigenvalue weighted by Gasteiger charge is -2.35. The van der Waals surface area contributed by atoms with Gasteiger partial charge < -0.3 is 15.5 Å². The number of hydrogen-bond donors (Lipinski definition) is 1.